The van der Waals surface area contributed by atoms with E-state index in [1.54, 1.807) is 25.1 Å². The van der Waals surface area contributed by atoms with Crippen LogP contribution in [0.2, 0.25) is 5.15 Å². The Bertz CT molecular complexity index is 783. The summed E-state index contributed by atoms with van der Waals surface area (Å²) in [6.07, 6.45) is 2.64. The fraction of sp³-hybridized carbons (Fsp3) is 0.0769. The van der Waals surface area contributed by atoms with Crippen LogP contribution >= 0.6 is 11.6 Å². The monoisotopic (exact) mass is 288 g/mol. The summed E-state index contributed by atoms with van der Waals surface area (Å²) in [4.78, 5) is 23.9. The SMILES string of the molecule is Cc1nc2cc(NC(=O)c3cnc(Cl)cn3)ccc2o1. The van der Waals surface area contributed by atoms with Gasteiger partial charge in [-0.3, -0.25) is 4.79 Å². The number of anilines is 1. The fourth-order valence-electron chi connectivity index (χ4n) is 1.75. The van der Waals surface area contributed by atoms with Crippen molar-refractivity contribution in [1.82, 2.24) is 15.0 Å². The van der Waals surface area contributed by atoms with Crippen molar-refractivity contribution >= 4 is 34.3 Å². The Kier molecular flexibility index (Phi) is 3.08. The van der Waals surface area contributed by atoms with Gasteiger partial charge in [0.1, 0.15) is 16.4 Å². The summed E-state index contributed by atoms with van der Waals surface area (Å²) in [5.74, 6) is 0.209. The van der Waals surface area contributed by atoms with Crippen LogP contribution in [0.1, 0.15) is 16.4 Å². The summed E-state index contributed by atoms with van der Waals surface area (Å²) in [5, 5.41) is 2.95. The highest BCUT2D eigenvalue weighted by Gasteiger charge is 2.10. The lowest BCUT2D eigenvalue weighted by Gasteiger charge is -2.03. The van der Waals surface area contributed by atoms with Crippen molar-refractivity contribution in [2.24, 2.45) is 0 Å². The van der Waals surface area contributed by atoms with Crippen LogP contribution in [-0.2, 0) is 0 Å². The molecule has 0 aliphatic rings. The summed E-state index contributed by atoms with van der Waals surface area (Å²) >= 11 is 5.62. The van der Waals surface area contributed by atoms with Crippen molar-refractivity contribution in [3.05, 3.63) is 47.3 Å². The minimum Gasteiger partial charge on any atom is -0.441 e. The lowest BCUT2D eigenvalue weighted by molar-refractivity contribution is 0.102. The molecule has 0 bridgehead atoms. The quantitative estimate of drug-likeness (QED) is 0.784. The molecule has 0 saturated carbocycles. The molecule has 6 nitrogen and oxygen atoms in total. The highest BCUT2D eigenvalue weighted by molar-refractivity contribution is 6.29. The maximum absolute atomic E-state index is 12.0. The van der Waals surface area contributed by atoms with E-state index in [0.717, 1.165) is 0 Å². The lowest BCUT2D eigenvalue weighted by atomic mass is 10.2. The largest absolute Gasteiger partial charge is 0.441 e. The van der Waals surface area contributed by atoms with Gasteiger partial charge in [-0.25, -0.2) is 15.0 Å². The molecule has 7 heteroatoms. The number of carbonyl (C=O) groups is 1. The predicted octanol–water partition coefficient (Wildman–Crippen LogP) is 2.83. The van der Waals surface area contributed by atoms with E-state index >= 15 is 0 Å². The van der Waals surface area contributed by atoms with Crippen molar-refractivity contribution in [1.29, 1.82) is 0 Å². The van der Waals surface area contributed by atoms with E-state index in [0.29, 0.717) is 22.7 Å². The molecule has 0 spiro atoms. The minimum absolute atomic E-state index is 0.186. The third kappa shape index (κ3) is 2.46. The normalized spacial score (nSPS) is 10.7. The first kappa shape index (κ1) is 12.6. The van der Waals surface area contributed by atoms with Crippen molar-refractivity contribution in [3.8, 4) is 0 Å². The van der Waals surface area contributed by atoms with Gasteiger partial charge in [0.25, 0.3) is 5.91 Å². The number of nitrogens with zero attached hydrogens (tertiary/aromatic N) is 3. The number of nitrogens with one attached hydrogen (secondary N) is 1. The molecular formula is C13H9ClN4O2. The van der Waals surface area contributed by atoms with Gasteiger partial charge in [0.2, 0.25) is 0 Å². The molecule has 0 fully saturated rings. The van der Waals surface area contributed by atoms with E-state index in [2.05, 4.69) is 20.3 Å². The van der Waals surface area contributed by atoms with Crippen LogP contribution in [-0.4, -0.2) is 20.9 Å². The van der Waals surface area contributed by atoms with E-state index in [9.17, 15) is 4.79 Å². The number of amides is 1. The summed E-state index contributed by atoms with van der Waals surface area (Å²) in [6.45, 7) is 1.77. The molecule has 100 valence electrons. The molecule has 3 aromatic rings. The first-order chi connectivity index (χ1) is 9.61. The molecule has 0 aliphatic carbocycles. The van der Waals surface area contributed by atoms with E-state index in [1.165, 1.54) is 12.4 Å². The second-order valence-corrected chi connectivity index (χ2v) is 4.48. The Hall–Kier alpha value is -2.47. The first-order valence-electron chi connectivity index (χ1n) is 5.78. The molecule has 0 atom stereocenters. The number of aromatic nitrogens is 3. The molecular weight excluding hydrogens is 280 g/mol. The average Bonchev–Trinajstić information content (AvgIpc) is 2.78. The van der Waals surface area contributed by atoms with Gasteiger partial charge in [-0.1, -0.05) is 11.6 Å². The molecule has 0 aliphatic heterocycles. The van der Waals surface area contributed by atoms with E-state index in [-0.39, 0.29) is 16.8 Å². The molecule has 0 radical (unpaired) electrons. The molecule has 1 N–H and O–H groups in total. The second-order valence-electron chi connectivity index (χ2n) is 4.09. The number of benzene rings is 1. The average molecular weight is 289 g/mol. The zero-order valence-electron chi connectivity index (χ0n) is 10.4. The zero-order valence-corrected chi connectivity index (χ0v) is 11.2. The van der Waals surface area contributed by atoms with Gasteiger partial charge in [-0.15, -0.1) is 0 Å². The summed E-state index contributed by atoms with van der Waals surface area (Å²) in [5.41, 5.74) is 2.15. The Labute approximate surface area is 118 Å². The number of hydrogen-bond acceptors (Lipinski definition) is 5. The van der Waals surface area contributed by atoms with Crippen LogP contribution in [0.3, 0.4) is 0 Å². The third-order valence-corrected chi connectivity index (χ3v) is 2.80. The Balaban J connectivity index is 1.84. The number of hydrogen-bond donors (Lipinski definition) is 1. The molecule has 0 unspecified atom stereocenters. The van der Waals surface area contributed by atoms with Crippen LogP contribution in [0.25, 0.3) is 11.1 Å². The predicted molar refractivity (Wildman–Crippen MR) is 73.7 cm³/mol. The smallest absolute Gasteiger partial charge is 0.275 e. The van der Waals surface area contributed by atoms with E-state index in [1.807, 2.05) is 0 Å². The van der Waals surface area contributed by atoms with Gasteiger partial charge in [0, 0.05) is 12.6 Å². The van der Waals surface area contributed by atoms with Gasteiger partial charge >= 0.3 is 0 Å². The standard InChI is InChI=1S/C13H9ClN4O2/c1-7-17-9-4-8(2-3-11(9)20-7)18-13(19)10-5-16-12(14)6-15-10/h2-6H,1H3,(H,18,19). The highest BCUT2D eigenvalue weighted by Crippen LogP contribution is 2.20. The summed E-state index contributed by atoms with van der Waals surface area (Å²) < 4.78 is 5.36. The molecule has 1 amide bonds. The molecule has 1 aromatic carbocycles. The van der Waals surface area contributed by atoms with Crippen molar-refractivity contribution in [2.75, 3.05) is 5.32 Å². The molecule has 20 heavy (non-hydrogen) atoms. The maximum Gasteiger partial charge on any atom is 0.275 e. The molecule has 0 saturated heterocycles. The number of carbonyl (C=O) groups excluding carboxylic acids is 1. The minimum atomic E-state index is -0.367. The van der Waals surface area contributed by atoms with Crippen molar-refractivity contribution < 1.29 is 9.21 Å². The van der Waals surface area contributed by atoms with Crippen LogP contribution in [0.5, 0.6) is 0 Å². The van der Waals surface area contributed by atoms with Crippen LogP contribution in [0.4, 0.5) is 5.69 Å². The first-order valence-corrected chi connectivity index (χ1v) is 6.16. The Morgan fingerprint density at radius 2 is 2.15 bits per heavy atom. The number of aryl methyl sites for hydroxylation is 1. The van der Waals surface area contributed by atoms with Crippen molar-refractivity contribution in [3.63, 3.8) is 0 Å². The molecule has 3 rings (SSSR count). The topological polar surface area (TPSA) is 80.9 Å². The number of rotatable bonds is 2. The number of fused-ring (bicyclic) bond motifs is 1. The summed E-state index contributed by atoms with van der Waals surface area (Å²) in [6, 6.07) is 5.21. The Morgan fingerprint density at radius 1 is 1.30 bits per heavy atom. The number of oxazole rings is 1. The lowest BCUT2D eigenvalue weighted by Crippen LogP contribution is -2.13. The molecule has 2 aromatic heterocycles. The third-order valence-electron chi connectivity index (χ3n) is 2.61. The van der Waals surface area contributed by atoms with Gasteiger partial charge < -0.3 is 9.73 Å². The van der Waals surface area contributed by atoms with Crippen LogP contribution in [0.15, 0.2) is 35.0 Å². The van der Waals surface area contributed by atoms with E-state index < -0.39 is 0 Å². The van der Waals surface area contributed by atoms with Crippen LogP contribution < -0.4 is 5.32 Å². The Morgan fingerprint density at radius 3 is 2.90 bits per heavy atom. The summed E-state index contributed by atoms with van der Waals surface area (Å²) in [7, 11) is 0. The maximum atomic E-state index is 12.0. The van der Waals surface area contributed by atoms with Gasteiger partial charge in [0.05, 0.1) is 12.4 Å². The number of halogens is 1. The van der Waals surface area contributed by atoms with Crippen LogP contribution in [0, 0.1) is 6.92 Å². The zero-order chi connectivity index (χ0) is 14.1. The fourth-order valence-corrected chi connectivity index (χ4v) is 1.84. The van der Waals surface area contributed by atoms with Gasteiger partial charge in [-0.05, 0) is 18.2 Å². The van der Waals surface area contributed by atoms with E-state index in [4.69, 9.17) is 16.0 Å². The highest BCUT2D eigenvalue weighted by atomic mass is 35.5. The van der Waals surface area contributed by atoms with Crippen molar-refractivity contribution in [2.45, 2.75) is 6.92 Å². The molecule has 2 heterocycles. The van der Waals surface area contributed by atoms with Gasteiger partial charge in [-0.2, -0.15) is 0 Å². The van der Waals surface area contributed by atoms with Gasteiger partial charge in [0.15, 0.2) is 11.5 Å². The second kappa shape index (κ2) is 4.90.